The number of oxime groups is 1. The molecule has 0 heterocycles. The first-order chi connectivity index (χ1) is 5.76. The van der Waals surface area contributed by atoms with Crippen LogP contribution in [-0.2, 0) is 4.84 Å². The largest absolute Gasteiger partial charge is 0.396 e. The molecule has 66 valence electrons. The topological polar surface area (TPSA) is 21.6 Å². The van der Waals surface area contributed by atoms with Crippen LogP contribution in [0, 0.1) is 0 Å². The summed E-state index contributed by atoms with van der Waals surface area (Å²) in [7, 11) is 0. The highest BCUT2D eigenvalue weighted by Crippen LogP contribution is 2.03. The molecule has 0 bridgehead atoms. The van der Waals surface area contributed by atoms with Crippen LogP contribution in [0.25, 0.3) is 0 Å². The van der Waals surface area contributed by atoms with Crippen LogP contribution < -0.4 is 0 Å². The van der Waals surface area contributed by atoms with Crippen molar-refractivity contribution >= 4 is 6.21 Å². The van der Waals surface area contributed by atoms with E-state index in [-0.39, 0.29) is 0 Å². The molecule has 0 aliphatic heterocycles. The van der Waals surface area contributed by atoms with Gasteiger partial charge in [-0.15, -0.1) is 0 Å². The number of hydrogen-bond acceptors (Lipinski definition) is 2. The zero-order valence-electron chi connectivity index (χ0n) is 7.71. The fraction of sp³-hybridized carbons (Fsp3) is 0.300. The molecule has 0 aliphatic rings. The number of allylic oxidation sites excluding steroid dienone is 4. The van der Waals surface area contributed by atoms with Crippen LogP contribution in [0.2, 0.25) is 0 Å². The first kappa shape index (κ1) is 10.7. The second-order valence-corrected chi connectivity index (χ2v) is 2.20. The number of rotatable bonds is 5. The summed E-state index contributed by atoms with van der Waals surface area (Å²) < 4.78 is 0. The third-order valence-electron chi connectivity index (χ3n) is 1.38. The smallest absolute Gasteiger partial charge is 0.114 e. The number of hydrogen-bond donors (Lipinski definition) is 0. The SMILES string of the molecule is C=C/C(C)=C(C=C)/C=N/OCC. The molecule has 0 N–H and O–H groups in total. The molecule has 12 heavy (non-hydrogen) atoms. The van der Waals surface area contributed by atoms with E-state index in [1.807, 2.05) is 13.8 Å². The van der Waals surface area contributed by atoms with Crippen LogP contribution in [0.4, 0.5) is 0 Å². The maximum absolute atomic E-state index is 4.81. The Kier molecular flexibility index (Phi) is 5.70. The highest BCUT2D eigenvalue weighted by atomic mass is 16.6. The van der Waals surface area contributed by atoms with Gasteiger partial charge in [-0.05, 0) is 25.0 Å². The maximum Gasteiger partial charge on any atom is 0.114 e. The van der Waals surface area contributed by atoms with Crippen molar-refractivity contribution in [3.05, 3.63) is 36.5 Å². The average Bonchev–Trinajstić information content (AvgIpc) is 2.11. The van der Waals surface area contributed by atoms with E-state index in [2.05, 4.69) is 18.3 Å². The summed E-state index contributed by atoms with van der Waals surface area (Å²) in [4.78, 5) is 4.81. The van der Waals surface area contributed by atoms with Gasteiger partial charge < -0.3 is 4.84 Å². The Balaban J connectivity index is 4.36. The van der Waals surface area contributed by atoms with Crippen LogP contribution >= 0.6 is 0 Å². The molecule has 2 heteroatoms. The van der Waals surface area contributed by atoms with Gasteiger partial charge in [0.2, 0.25) is 0 Å². The zero-order valence-corrected chi connectivity index (χ0v) is 7.71. The van der Waals surface area contributed by atoms with E-state index in [1.54, 1.807) is 18.4 Å². The molecule has 0 radical (unpaired) electrons. The molecular formula is C10H15NO. The normalized spacial score (nSPS) is 12.5. The van der Waals surface area contributed by atoms with E-state index in [0.717, 1.165) is 11.1 Å². The maximum atomic E-state index is 4.81. The zero-order chi connectivity index (χ0) is 9.40. The molecule has 0 aromatic carbocycles. The molecule has 0 saturated heterocycles. The molecule has 0 aliphatic carbocycles. The van der Waals surface area contributed by atoms with E-state index < -0.39 is 0 Å². The molecular weight excluding hydrogens is 150 g/mol. The fourth-order valence-electron chi connectivity index (χ4n) is 0.602. The molecule has 0 saturated carbocycles. The summed E-state index contributed by atoms with van der Waals surface area (Å²) in [5.41, 5.74) is 1.96. The Labute approximate surface area is 73.9 Å². The molecule has 0 aromatic rings. The Morgan fingerprint density at radius 3 is 2.50 bits per heavy atom. The van der Waals surface area contributed by atoms with Crippen molar-refractivity contribution in [3.8, 4) is 0 Å². The molecule has 0 fully saturated rings. The van der Waals surface area contributed by atoms with Gasteiger partial charge in [-0.2, -0.15) is 0 Å². The second kappa shape index (κ2) is 6.40. The molecule has 2 nitrogen and oxygen atoms in total. The molecule has 0 rings (SSSR count). The first-order valence-corrected chi connectivity index (χ1v) is 3.87. The molecule has 0 amide bonds. The highest BCUT2D eigenvalue weighted by Gasteiger charge is 1.89. The number of nitrogens with zero attached hydrogens (tertiary/aromatic N) is 1. The van der Waals surface area contributed by atoms with Gasteiger partial charge in [0.05, 0.1) is 6.21 Å². The van der Waals surface area contributed by atoms with Gasteiger partial charge >= 0.3 is 0 Å². The summed E-state index contributed by atoms with van der Waals surface area (Å²) >= 11 is 0. The molecule has 0 atom stereocenters. The summed E-state index contributed by atoms with van der Waals surface area (Å²) in [6.07, 6.45) is 5.11. The lowest BCUT2D eigenvalue weighted by molar-refractivity contribution is 0.160. The van der Waals surface area contributed by atoms with Crippen molar-refractivity contribution in [2.75, 3.05) is 6.61 Å². The lowest BCUT2D eigenvalue weighted by atomic mass is 10.1. The third kappa shape index (κ3) is 3.76. The van der Waals surface area contributed by atoms with Gasteiger partial charge in [-0.3, -0.25) is 0 Å². The summed E-state index contributed by atoms with van der Waals surface area (Å²) in [5.74, 6) is 0. The monoisotopic (exact) mass is 165 g/mol. The summed E-state index contributed by atoms with van der Waals surface area (Å²) in [6.45, 7) is 11.7. The van der Waals surface area contributed by atoms with Gasteiger partial charge in [0.15, 0.2) is 0 Å². The lowest BCUT2D eigenvalue weighted by Gasteiger charge is -1.96. The van der Waals surface area contributed by atoms with E-state index in [1.165, 1.54) is 0 Å². The van der Waals surface area contributed by atoms with Crippen LogP contribution in [0.3, 0.4) is 0 Å². The second-order valence-electron chi connectivity index (χ2n) is 2.20. The van der Waals surface area contributed by atoms with Gasteiger partial charge in [-0.1, -0.05) is 30.5 Å². The third-order valence-corrected chi connectivity index (χ3v) is 1.38. The van der Waals surface area contributed by atoms with Crippen LogP contribution in [-0.4, -0.2) is 12.8 Å². The Bertz CT molecular complexity index is 214. The van der Waals surface area contributed by atoms with Gasteiger partial charge in [0.1, 0.15) is 6.61 Å². The van der Waals surface area contributed by atoms with Crippen LogP contribution in [0.15, 0.2) is 41.6 Å². The van der Waals surface area contributed by atoms with Crippen molar-refractivity contribution in [2.45, 2.75) is 13.8 Å². The standard InChI is InChI=1S/C10H15NO/c1-5-9(4)10(6-2)8-11-12-7-3/h5-6,8H,1-2,7H2,3-4H3/b10-9+,11-8+. The van der Waals surface area contributed by atoms with Gasteiger partial charge in [-0.25, -0.2) is 0 Å². The Hall–Kier alpha value is -1.31. The minimum Gasteiger partial charge on any atom is -0.396 e. The van der Waals surface area contributed by atoms with Crippen molar-refractivity contribution in [1.29, 1.82) is 0 Å². The van der Waals surface area contributed by atoms with E-state index >= 15 is 0 Å². The van der Waals surface area contributed by atoms with Gasteiger partial charge in [0.25, 0.3) is 0 Å². The predicted molar refractivity (Wildman–Crippen MR) is 53.2 cm³/mol. The summed E-state index contributed by atoms with van der Waals surface area (Å²) in [5, 5.41) is 3.73. The van der Waals surface area contributed by atoms with E-state index in [9.17, 15) is 0 Å². The fourth-order valence-corrected chi connectivity index (χ4v) is 0.602. The average molecular weight is 165 g/mol. The molecule has 0 aromatic heterocycles. The minimum atomic E-state index is 0.577. The van der Waals surface area contributed by atoms with Crippen LogP contribution in [0.1, 0.15) is 13.8 Å². The molecule has 0 spiro atoms. The molecule has 0 unspecified atom stereocenters. The van der Waals surface area contributed by atoms with Crippen molar-refractivity contribution in [2.24, 2.45) is 5.16 Å². The Morgan fingerprint density at radius 1 is 1.42 bits per heavy atom. The first-order valence-electron chi connectivity index (χ1n) is 3.87. The quantitative estimate of drug-likeness (QED) is 0.348. The van der Waals surface area contributed by atoms with Crippen molar-refractivity contribution in [3.63, 3.8) is 0 Å². The van der Waals surface area contributed by atoms with Crippen molar-refractivity contribution in [1.82, 2.24) is 0 Å². The van der Waals surface area contributed by atoms with Crippen LogP contribution in [0.5, 0.6) is 0 Å². The van der Waals surface area contributed by atoms with Crippen molar-refractivity contribution < 1.29 is 4.84 Å². The van der Waals surface area contributed by atoms with E-state index in [0.29, 0.717) is 6.61 Å². The lowest BCUT2D eigenvalue weighted by Crippen LogP contribution is -1.86. The predicted octanol–water partition coefficient (Wildman–Crippen LogP) is 2.70. The minimum absolute atomic E-state index is 0.577. The summed E-state index contributed by atoms with van der Waals surface area (Å²) in [6, 6.07) is 0. The Morgan fingerprint density at radius 2 is 2.08 bits per heavy atom. The highest BCUT2D eigenvalue weighted by molar-refractivity contribution is 5.83. The van der Waals surface area contributed by atoms with E-state index in [4.69, 9.17) is 4.84 Å². The van der Waals surface area contributed by atoms with Gasteiger partial charge in [0, 0.05) is 0 Å².